The van der Waals surface area contributed by atoms with Crippen molar-refractivity contribution in [3.8, 4) is 5.75 Å². The molecular formula is C21H19ClO5. The van der Waals surface area contributed by atoms with Crippen molar-refractivity contribution in [1.29, 1.82) is 0 Å². The van der Waals surface area contributed by atoms with E-state index in [1.807, 2.05) is 31.2 Å². The molecule has 0 aliphatic heterocycles. The Morgan fingerprint density at radius 1 is 1.19 bits per heavy atom. The number of rotatable bonds is 6. The summed E-state index contributed by atoms with van der Waals surface area (Å²) in [5.74, 6) is 0.257. The van der Waals surface area contributed by atoms with Gasteiger partial charge in [0.05, 0.1) is 7.11 Å². The fraction of sp³-hybridized carbons (Fsp3) is 0.238. The topological polar surface area (TPSA) is 65.7 Å². The Balaban J connectivity index is 1.96. The van der Waals surface area contributed by atoms with Gasteiger partial charge in [0, 0.05) is 29.0 Å². The fourth-order valence-electron chi connectivity index (χ4n) is 2.85. The minimum absolute atomic E-state index is 0.228. The van der Waals surface area contributed by atoms with Crippen LogP contribution in [0.3, 0.4) is 0 Å². The van der Waals surface area contributed by atoms with Crippen LogP contribution in [0.15, 0.2) is 51.7 Å². The average Bonchev–Trinajstić information content (AvgIpc) is 2.64. The molecule has 0 N–H and O–H groups in total. The Bertz CT molecular complexity index is 1040. The zero-order chi connectivity index (χ0) is 19.4. The third kappa shape index (κ3) is 4.68. The van der Waals surface area contributed by atoms with Crippen molar-refractivity contribution >= 4 is 28.5 Å². The van der Waals surface area contributed by atoms with Crippen molar-refractivity contribution in [3.63, 3.8) is 0 Å². The summed E-state index contributed by atoms with van der Waals surface area (Å²) in [5.41, 5.74) is 2.59. The molecule has 1 heterocycles. The van der Waals surface area contributed by atoms with E-state index in [4.69, 9.17) is 25.5 Å². The van der Waals surface area contributed by atoms with Gasteiger partial charge in [-0.2, -0.15) is 0 Å². The first-order valence-electron chi connectivity index (χ1n) is 8.47. The molecule has 0 aliphatic rings. The number of aryl methyl sites for hydroxylation is 2. The van der Waals surface area contributed by atoms with Crippen molar-refractivity contribution in [2.75, 3.05) is 7.11 Å². The summed E-state index contributed by atoms with van der Waals surface area (Å²) in [4.78, 5) is 23.2. The molecule has 0 atom stereocenters. The highest BCUT2D eigenvalue weighted by Gasteiger charge is 2.13. The van der Waals surface area contributed by atoms with E-state index < -0.39 is 5.63 Å². The minimum Gasteiger partial charge on any atom is -0.488 e. The van der Waals surface area contributed by atoms with Crippen LogP contribution in [-0.2, 0) is 22.6 Å². The van der Waals surface area contributed by atoms with Crippen molar-refractivity contribution in [2.24, 2.45) is 0 Å². The van der Waals surface area contributed by atoms with E-state index in [2.05, 4.69) is 0 Å². The van der Waals surface area contributed by atoms with Gasteiger partial charge in [0.1, 0.15) is 17.9 Å². The van der Waals surface area contributed by atoms with Gasteiger partial charge in [-0.3, -0.25) is 4.79 Å². The van der Waals surface area contributed by atoms with Gasteiger partial charge in [-0.05, 0) is 48.2 Å². The van der Waals surface area contributed by atoms with Gasteiger partial charge >= 0.3 is 11.6 Å². The van der Waals surface area contributed by atoms with Crippen LogP contribution in [-0.4, -0.2) is 13.1 Å². The SMILES string of the molecule is COC(=O)CCc1cc2c(C)cc(=O)oc2cc1OCc1cccc(Cl)c1. The number of halogens is 1. The van der Waals surface area contributed by atoms with Crippen LogP contribution >= 0.6 is 11.6 Å². The fourth-order valence-corrected chi connectivity index (χ4v) is 3.06. The lowest BCUT2D eigenvalue weighted by Gasteiger charge is -2.13. The average molecular weight is 387 g/mol. The van der Waals surface area contributed by atoms with Gasteiger partial charge < -0.3 is 13.9 Å². The molecule has 0 saturated heterocycles. The van der Waals surface area contributed by atoms with Gasteiger partial charge in [-0.1, -0.05) is 23.7 Å². The van der Waals surface area contributed by atoms with Crippen LogP contribution in [0.2, 0.25) is 5.02 Å². The highest BCUT2D eigenvalue weighted by molar-refractivity contribution is 6.30. The lowest BCUT2D eigenvalue weighted by atomic mass is 10.0. The number of esters is 1. The lowest BCUT2D eigenvalue weighted by Crippen LogP contribution is -2.05. The summed E-state index contributed by atoms with van der Waals surface area (Å²) in [5, 5.41) is 1.44. The first kappa shape index (κ1) is 19.0. The number of benzene rings is 2. The second-order valence-electron chi connectivity index (χ2n) is 6.20. The van der Waals surface area contributed by atoms with E-state index in [0.717, 1.165) is 22.1 Å². The molecule has 0 fully saturated rings. The predicted molar refractivity (Wildman–Crippen MR) is 103 cm³/mol. The molecule has 1 aromatic heterocycles. The molecule has 27 heavy (non-hydrogen) atoms. The molecule has 0 unspecified atom stereocenters. The Kier molecular flexibility index (Phi) is 5.81. The second-order valence-corrected chi connectivity index (χ2v) is 6.64. The summed E-state index contributed by atoms with van der Waals surface area (Å²) in [6, 6.07) is 12.4. The molecule has 0 aliphatic carbocycles. The summed E-state index contributed by atoms with van der Waals surface area (Å²) in [6.07, 6.45) is 0.678. The molecule has 2 aromatic carbocycles. The van der Waals surface area contributed by atoms with Gasteiger partial charge in [0.25, 0.3) is 0 Å². The molecule has 0 radical (unpaired) electrons. The smallest absolute Gasteiger partial charge is 0.336 e. The third-order valence-corrected chi connectivity index (χ3v) is 4.48. The van der Waals surface area contributed by atoms with E-state index in [9.17, 15) is 9.59 Å². The molecular weight excluding hydrogens is 368 g/mol. The van der Waals surface area contributed by atoms with Gasteiger partial charge in [-0.25, -0.2) is 4.79 Å². The number of hydrogen-bond acceptors (Lipinski definition) is 5. The quantitative estimate of drug-likeness (QED) is 0.463. The predicted octanol–water partition coefficient (Wildman–Crippen LogP) is 4.44. The first-order chi connectivity index (χ1) is 13.0. The normalized spacial score (nSPS) is 10.8. The molecule has 3 rings (SSSR count). The molecule has 6 heteroatoms. The standard InChI is InChI=1S/C21H19ClO5/c1-13-8-21(24)27-19-11-18(26-12-14-4-3-5-16(22)9-14)15(10-17(13)19)6-7-20(23)25-2/h3-5,8-11H,6-7,12H2,1-2H3. The molecule has 0 bridgehead atoms. The van der Waals surface area contributed by atoms with Crippen LogP contribution in [0.1, 0.15) is 23.1 Å². The molecule has 0 amide bonds. The second kappa shape index (κ2) is 8.27. The monoisotopic (exact) mass is 386 g/mol. The van der Waals surface area contributed by atoms with Crippen molar-refractivity contribution in [2.45, 2.75) is 26.4 Å². The van der Waals surface area contributed by atoms with Crippen LogP contribution in [0.5, 0.6) is 5.75 Å². The molecule has 3 aromatic rings. The number of fused-ring (bicyclic) bond motifs is 1. The number of carbonyl (C=O) groups is 1. The van der Waals surface area contributed by atoms with Crippen LogP contribution < -0.4 is 10.4 Å². The molecule has 0 spiro atoms. The molecule has 5 nitrogen and oxygen atoms in total. The maximum absolute atomic E-state index is 11.7. The summed E-state index contributed by atoms with van der Waals surface area (Å²) < 4.78 is 16.0. The highest BCUT2D eigenvalue weighted by atomic mass is 35.5. The number of ether oxygens (including phenoxy) is 2. The van der Waals surface area contributed by atoms with E-state index in [1.165, 1.54) is 13.2 Å². The Labute approximate surface area is 161 Å². The molecule has 0 saturated carbocycles. The maximum atomic E-state index is 11.7. The first-order valence-corrected chi connectivity index (χ1v) is 8.85. The number of hydrogen-bond donors (Lipinski definition) is 0. The number of methoxy groups -OCH3 is 1. The summed E-state index contributed by atoms with van der Waals surface area (Å²) in [6.45, 7) is 2.14. The van der Waals surface area contributed by atoms with Crippen LogP contribution in [0, 0.1) is 6.92 Å². The summed E-state index contributed by atoms with van der Waals surface area (Å²) >= 11 is 6.01. The van der Waals surface area contributed by atoms with E-state index >= 15 is 0 Å². The van der Waals surface area contributed by atoms with Crippen molar-refractivity contribution in [3.05, 3.63) is 74.6 Å². The van der Waals surface area contributed by atoms with Gasteiger partial charge in [-0.15, -0.1) is 0 Å². The number of carbonyl (C=O) groups excluding carboxylic acids is 1. The largest absolute Gasteiger partial charge is 0.488 e. The zero-order valence-electron chi connectivity index (χ0n) is 15.1. The van der Waals surface area contributed by atoms with Crippen LogP contribution in [0.4, 0.5) is 0 Å². The summed E-state index contributed by atoms with van der Waals surface area (Å²) in [7, 11) is 1.36. The Hall–Kier alpha value is -2.79. The van der Waals surface area contributed by atoms with Gasteiger partial charge in [0.15, 0.2) is 0 Å². The van der Waals surface area contributed by atoms with Crippen molar-refractivity contribution < 1.29 is 18.7 Å². The van der Waals surface area contributed by atoms with Gasteiger partial charge in [0.2, 0.25) is 0 Å². The lowest BCUT2D eigenvalue weighted by molar-refractivity contribution is -0.140. The van der Waals surface area contributed by atoms with Crippen molar-refractivity contribution in [1.82, 2.24) is 0 Å². The highest BCUT2D eigenvalue weighted by Crippen LogP contribution is 2.29. The van der Waals surface area contributed by atoms with Crippen LogP contribution in [0.25, 0.3) is 11.0 Å². The minimum atomic E-state index is -0.414. The maximum Gasteiger partial charge on any atom is 0.336 e. The Morgan fingerprint density at radius 3 is 2.74 bits per heavy atom. The third-order valence-electron chi connectivity index (χ3n) is 4.24. The van der Waals surface area contributed by atoms with E-state index in [-0.39, 0.29) is 12.4 Å². The zero-order valence-corrected chi connectivity index (χ0v) is 15.8. The molecule has 140 valence electrons. The Morgan fingerprint density at radius 2 is 2.00 bits per heavy atom. The van der Waals surface area contributed by atoms with E-state index in [1.54, 1.807) is 12.1 Å². The van der Waals surface area contributed by atoms with E-state index in [0.29, 0.717) is 29.4 Å².